The van der Waals surface area contributed by atoms with Crippen LogP contribution in [0.4, 0.5) is 0 Å². The van der Waals surface area contributed by atoms with E-state index in [-0.39, 0.29) is 5.91 Å². The molecule has 2 N–H and O–H groups in total. The summed E-state index contributed by atoms with van der Waals surface area (Å²) in [4.78, 5) is 13.3. The van der Waals surface area contributed by atoms with Gasteiger partial charge in [0.15, 0.2) is 0 Å². The van der Waals surface area contributed by atoms with Gasteiger partial charge in [-0.3, -0.25) is 9.48 Å². The minimum atomic E-state index is -0.651. The van der Waals surface area contributed by atoms with Crippen molar-refractivity contribution in [2.75, 3.05) is 13.1 Å². The molecule has 4 rings (SSSR count). The molecule has 0 unspecified atom stereocenters. The highest BCUT2D eigenvalue weighted by molar-refractivity contribution is 5.84. The van der Waals surface area contributed by atoms with Crippen LogP contribution in [-0.2, 0) is 16.9 Å². The molecule has 6 heteroatoms. The Labute approximate surface area is 170 Å². The lowest BCUT2D eigenvalue weighted by molar-refractivity contribution is -0.132. The van der Waals surface area contributed by atoms with Crippen molar-refractivity contribution >= 4 is 5.91 Å². The number of hydrogen-bond acceptors (Lipinski definition) is 4. The molecule has 0 radical (unpaired) electrons. The normalized spacial score (nSPS) is 15.6. The van der Waals surface area contributed by atoms with E-state index in [0.717, 1.165) is 30.2 Å². The number of para-hydroxylation sites is 1. The smallest absolute Gasteiger partial charge is 0.248 e. The van der Waals surface area contributed by atoms with Crippen LogP contribution in [0.1, 0.15) is 24.0 Å². The van der Waals surface area contributed by atoms with Crippen LogP contribution in [0, 0.1) is 6.92 Å². The zero-order valence-corrected chi connectivity index (χ0v) is 16.6. The average Bonchev–Trinajstić information content (AvgIpc) is 3.30. The van der Waals surface area contributed by atoms with Crippen LogP contribution in [0.5, 0.6) is 11.5 Å². The summed E-state index contributed by atoms with van der Waals surface area (Å²) < 4.78 is 7.86. The molecule has 2 aromatic carbocycles. The number of aromatic nitrogens is 2. The highest BCUT2D eigenvalue weighted by Crippen LogP contribution is 2.29. The van der Waals surface area contributed by atoms with Gasteiger partial charge in [-0.1, -0.05) is 35.9 Å². The van der Waals surface area contributed by atoms with Crippen molar-refractivity contribution in [2.24, 2.45) is 0 Å². The lowest BCUT2D eigenvalue weighted by atomic mass is 9.87. The van der Waals surface area contributed by atoms with Crippen LogP contribution in [-0.4, -0.2) is 28.8 Å². The Morgan fingerprint density at radius 2 is 1.90 bits per heavy atom. The third kappa shape index (κ3) is 4.17. The third-order valence-electron chi connectivity index (χ3n) is 5.46. The Bertz CT molecular complexity index is 945. The van der Waals surface area contributed by atoms with E-state index in [9.17, 15) is 4.79 Å². The predicted molar refractivity (Wildman–Crippen MR) is 112 cm³/mol. The molecule has 1 fully saturated rings. The van der Waals surface area contributed by atoms with Crippen LogP contribution in [0.25, 0.3) is 0 Å². The van der Waals surface area contributed by atoms with Crippen LogP contribution in [0.2, 0.25) is 0 Å². The Morgan fingerprint density at radius 1 is 1.14 bits per heavy atom. The third-order valence-corrected chi connectivity index (χ3v) is 5.46. The zero-order valence-electron chi connectivity index (χ0n) is 16.6. The lowest BCUT2D eigenvalue weighted by Crippen LogP contribution is -2.54. The maximum Gasteiger partial charge on any atom is 0.248 e. The van der Waals surface area contributed by atoms with Gasteiger partial charge in [-0.2, -0.15) is 5.10 Å². The van der Waals surface area contributed by atoms with Crippen molar-refractivity contribution in [3.05, 3.63) is 78.1 Å². The van der Waals surface area contributed by atoms with Gasteiger partial charge in [0.1, 0.15) is 17.0 Å². The van der Waals surface area contributed by atoms with Crippen molar-refractivity contribution in [3.8, 4) is 11.5 Å². The Balaban J connectivity index is 1.50. The first-order chi connectivity index (χ1) is 14.2. The van der Waals surface area contributed by atoms with Gasteiger partial charge in [0.05, 0.1) is 0 Å². The van der Waals surface area contributed by atoms with Crippen LogP contribution >= 0.6 is 0 Å². The van der Waals surface area contributed by atoms with Crippen LogP contribution in [0.15, 0.2) is 67.0 Å². The van der Waals surface area contributed by atoms with E-state index in [1.54, 1.807) is 10.9 Å². The highest BCUT2D eigenvalue weighted by atomic mass is 16.5. The molecule has 1 aliphatic rings. The van der Waals surface area contributed by atoms with Crippen LogP contribution in [0.3, 0.4) is 0 Å². The molecule has 1 aromatic heterocycles. The van der Waals surface area contributed by atoms with Gasteiger partial charge in [0.25, 0.3) is 0 Å². The number of nitrogens with one attached hydrogen (secondary N) is 2. The number of aryl methyl sites for hydroxylation is 1. The van der Waals surface area contributed by atoms with Crippen molar-refractivity contribution in [2.45, 2.75) is 31.8 Å². The fourth-order valence-electron chi connectivity index (χ4n) is 3.75. The maximum absolute atomic E-state index is 13.3. The summed E-state index contributed by atoms with van der Waals surface area (Å²) in [5.41, 5.74) is 1.47. The highest BCUT2D eigenvalue weighted by Gasteiger charge is 2.41. The summed E-state index contributed by atoms with van der Waals surface area (Å²) >= 11 is 0. The molecule has 1 saturated heterocycles. The molecule has 0 aliphatic carbocycles. The number of benzene rings is 2. The monoisotopic (exact) mass is 390 g/mol. The van der Waals surface area contributed by atoms with Gasteiger partial charge in [0.2, 0.25) is 5.91 Å². The second-order valence-corrected chi connectivity index (χ2v) is 7.44. The van der Waals surface area contributed by atoms with E-state index < -0.39 is 5.54 Å². The summed E-state index contributed by atoms with van der Waals surface area (Å²) in [6.07, 6.45) is 5.02. The van der Waals surface area contributed by atoms with Gasteiger partial charge in [-0.25, -0.2) is 0 Å². The lowest BCUT2D eigenvalue weighted by Gasteiger charge is -2.36. The number of rotatable bonds is 6. The molecule has 0 atom stereocenters. The number of piperidine rings is 1. The van der Waals surface area contributed by atoms with E-state index in [0.29, 0.717) is 19.4 Å². The largest absolute Gasteiger partial charge is 0.457 e. The van der Waals surface area contributed by atoms with Gasteiger partial charge >= 0.3 is 0 Å². The number of hydrogen-bond donors (Lipinski definition) is 2. The standard InChI is InChI=1S/C23H26N4O2/c1-18-7-9-20(10-8-18)29-21-6-3-2-5-19(21)17-25-22(28)23(11-14-24-15-12-23)27-16-4-13-26-27/h2-10,13,16,24H,11-12,14-15,17H2,1H3,(H,25,28). The average molecular weight is 390 g/mol. The molecule has 0 spiro atoms. The molecule has 0 bridgehead atoms. The van der Waals surface area contributed by atoms with Crippen molar-refractivity contribution in [1.29, 1.82) is 0 Å². The van der Waals surface area contributed by atoms with Gasteiger partial charge < -0.3 is 15.4 Å². The number of carbonyl (C=O) groups is 1. The zero-order chi connectivity index (χ0) is 20.1. The molecule has 150 valence electrons. The minimum absolute atomic E-state index is 0.00663. The Hall–Kier alpha value is -3.12. The first-order valence-corrected chi connectivity index (χ1v) is 9.99. The second-order valence-electron chi connectivity index (χ2n) is 7.44. The summed E-state index contributed by atoms with van der Waals surface area (Å²) in [7, 11) is 0. The molecule has 1 aliphatic heterocycles. The number of nitrogens with zero attached hydrogens (tertiary/aromatic N) is 2. The van der Waals surface area contributed by atoms with Crippen molar-refractivity contribution < 1.29 is 9.53 Å². The Kier molecular flexibility index (Phi) is 5.62. The summed E-state index contributed by atoms with van der Waals surface area (Å²) in [5.74, 6) is 1.52. The molecular formula is C23H26N4O2. The second kappa shape index (κ2) is 8.49. The summed E-state index contributed by atoms with van der Waals surface area (Å²) in [6.45, 7) is 4.03. The molecule has 0 saturated carbocycles. The molecule has 3 aromatic rings. The maximum atomic E-state index is 13.3. The summed E-state index contributed by atoms with van der Waals surface area (Å²) in [5, 5.41) is 10.8. The summed E-state index contributed by atoms with van der Waals surface area (Å²) in [6, 6.07) is 17.6. The molecular weight excluding hydrogens is 364 g/mol. The fraction of sp³-hybridized carbons (Fsp3) is 0.304. The SMILES string of the molecule is Cc1ccc(Oc2ccccc2CNC(=O)C2(n3cccn3)CCNCC2)cc1. The van der Waals surface area contributed by atoms with Gasteiger partial charge in [-0.15, -0.1) is 0 Å². The molecule has 29 heavy (non-hydrogen) atoms. The fourth-order valence-corrected chi connectivity index (χ4v) is 3.75. The minimum Gasteiger partial charge on any atom is -0.457 e. The van der Waals surface area contributed by atoms with E-state index in [1.165, 1.54) is 5.56 Å². The van der Waals surface area contributed by atoms with Gasteiger partial charge in [-0.05, 0) is 57.1 Å². The number of ether oxygens (including phenoxy) is 1. The predicted octanol–water partition coefficient (Wildman–Crippen LogP) is 3.38. The first kappa shape index (κ1) is 19.2. The van der Waals surface area contributed by atoms with E-state index in [2.05, 4.69) is 15.7 Å². The topological polar surface area (TPSA) is 68.2 Å². The van der Waals surface area contributed by atoms with Crippen LogP contribution < -0.4 is 15.4 Å². The Morgan fingerprint density at radius 3 is 2.62 bits per heavy atom. The molecule has 6 nitrogen and oxygen atoms in total. The van der Waals surface area contributed by atoms with Crippen molar-refractivity contribution in [1.82, 2.24) is 20.4 Å². The number of amides is 1. The van der Waals surface area contributed by atoms with Gasteiger partial charge in [0, 0.05) is 24.5 Å². The van der Waals surface area contributed by atoms with E-state index in [4.69, 9.17) is 4.74 Å². The molecule has 2 heterocycles. The quantitative estimate of drug-likeness (QED) is 0.677. The van der Waals surface area contributed by atoms with Crippen molar-refractivity contribution in [3.63, 3.8) is 0 Å². The first-order valence-electron chi connectivity index (χ1n) is 9.99. The molecule has 1 amide bonds. The van der Waals surface area contributed by atoms with E-state index >= 15 is 0 Å². The number of carbonyl (C=O) groups excluding carboxylic acids is 1. The van der Waals surface area contributed by atoms with E-state index in [1.807, 2.05) is 67.7 Å².